The van der Waals surface area contributed by atoms with Crippen molar-refractivity contribution in [2.45, 2.75) is 0 Å². The van der Waals surface area contributed by atoms with Crippen LogP contribution in [-0.2, 0) is 4.74 Å². The molecular weight excluding hydrogens is 154 g/mol. The number of aliphatic hydroxyl groups excluding tert-OH is 1. The molecule has 0 aliphatic heterocycles. The normalized spacial score (nSPS) is 7.75. The van der Waals surface area contributed by atoms with Gasteiger partial charge in [0.2, 0.25) is 0 Å². The van der Waals surface area contributed by atoms with Crippen LogP contribution in [0.3, 0.4) is 0 Å². The summed E-state index contributed by atoms with van der Waals surface area (Å²) in [7, 11) is 1.57. The molecule has 12 heavy (non-hydrogen) atoms. The molecule has 0 unspecified atom stereocenters. The van der Waals surface area contributed by atoms with E-state index in [0.29, 0.717) is 5.76 Å². The van der Waals surface area contributed by atoms with E-state index in [1.807, 2.05) is 0 Å². The molecule has 3 nitrogen and oxygen atoms in total. The molecule has 0 aromatic rings. The smallest absolute Gasteiger partial charge is 0.177 e. The molecule has 62 valence electrons. The molecule has 0 aliphatic carbocycles. The average Bonchev–Trinajstić information content (AvgIpc) is 2.11. The van der Waals surface area contributed by atoms with Crippen molar-refractivity contribution >= 4 is 5.87 Å². The fraction of sp³-hybridized carbons (Fsp3) is 0.111. The van der Waals surface area contributed by atoms with E-state index < -0.39 is 0 Å². The lowest BCUT2D eigenvalue weighted by atomic mass is 10.5. The second-order valence-electron chi connectivity index (χ2n) is 1.56. The zero-order chi connectivity index (χ0) is 9.23. The van der Waals surface area contributed by atoms with Crippen LogP contribution in [0.15, 0.2) is 47.4 Å². The van der Waals surface area contributed by atoms with Gasteiger partial charge in [-0.3, -0.25) is 0 Å². The van der Waals surface area contributed by atoms with Gasteiger partial charge in [-0.25, -0.2) is 4.99 Å². The molecule has 1 N–H and O–H groups in total. The predicted molar refractivity (Wildman–Crippen MR) is 46.9 cm³/mol. The van der Waals surface area contributed by atoms with Crippen LogP contribution >= 0.6 is 0 Å². The highest BCUT2D eigenvalue weighted by Crippen LogP contribution is 1.94. The largest absolute Gasteiger partial charge is 0.512 e. The van der Waals surface area contributed by atoms with Crippen molar-refractivity contribution in [1.82, 2.24) is 0 Å². The highest BCUT2D eigenvalue weighted by atomic mass is 16.5. The molecule has 0 radical (unpaired) electrons. The van der Waals surface area contributed by atoms with Gasteiger partial charge in [0.1, 0.15) is 12.5 Å². The van der Waals surface area contributed by atoms with Gasteiger partial charge in [-0.15, -0.1) is 0 Å². The van der Waals surface area contributed by atoms with Crippen LogP contribution < -0.4 is 0 Å². The molecule has 0 amide bonds. The summed E-state index contributed by atoms with van der Waals surface area (Å²) in [6, 6.07) is 0. The standard InChI is InChI=1S/C9H9NO2/c1-3-9(12-8-7-11)5-4-6-10-2/h3,7-8,11H,1H2,2H3/b8-7+. The van der Waals surface area contributed by atoms with E-state index in [-0.39, 0.29) is 0 Å². The van der Waals surface area contributed by atoms with Crippen molar-refractivity contribution in [2.24, 2.45) is 4.99 Å². The average molecular weight is 163 g/mol. The minimum absolute atomic E-state index is 0.330. The van der Waals surface area contributed by atoms with Crippen molar-refractivity contribution in [1.29, 1.82) is 0 Å². The Morgan fingerprint density at radius 2 is 2.42 bits per heavy atom. The molecule has 0 saturated carbocycles. The van der Waals surface area contributed by atoms with Gasteiger partial charge in [0.25, 0.3) is 0 Å². The van der Waals surface area contributed by atoms with Gasteiger partial charge in [0.15, 0.2) is 5.76 Å². The van der Waals surface area contributed by atoms with Crippen LogP contribution in [0.1, 0.15) is 0 Å². The third-order valence-corrected chi connectivity index (χ3v) is 0.795. The van der Waals surface area contributed by atoms with Crippen LogP contribution in [0, 0.1) is 0 Å². The van der Waals surface area contributed by atoms with Gasteiger partial charge in [-0.2, -0.15) is 0 Å². The van der Waals surface area contributed by atoms with Gasteiger partial charge in [-0.05, 0) is 11.8 Å². The van der Waals surface area contributed by atoms with E-state index in [1.165, 1.54) is 6.08 Å². The molecule has 0 heterocycles. The number of aliphatic hydroxyl groups is 1. The Kier molecular flexibility index (Phi) is 6.05. The lowest BCUT2D eigenvalue weighted by Gasteiger charge is -1.91. The third kappa shape index (κ3) is 4.92. The molecular formula is C9H9NO2. The molecule has 0 atom stereocenters. The second kappa shape index (κ2) is 7.20. The van der Waals surface area contributed by atoms with Gasteiger partial charge >= 0.3 is 0 Å². The number of hydrogen-bond acceptors (Lipinski definition) is 3. The number of rotatable bonds is 3. The molecule has 0 bridgehead atoms. The topological polar surface area (TPSA) is 41.8 Å². The Labute approximate surface area is 71.0 Å². The first kappa shape index (κ1) is 10.1. The maximum absolute atomic E-state index is 8.25. The summed E-state index contributed by atoms with van der Waals surface area (Å²) in [5.74, 6) is 2.75. The van der Waals surface area contributed by atoms with Gasteiger partial charge in [0, 0.05) is 18.6 Å². The lowest BCUT2D eigenvalue weighted by molar-refractivity contribution is 0.343. The molecule has 0 aromatic heterocycles. The number of allylic oxidation sites excluding steroid dienone is 1. The molecule has 0 aliphatic rings. The van der Waals surface area contributed by atoms with Crippen molar-refractivity contribution < 1.29 is 9.84 Å². The Morgan fingerprint density at radius 3 is 2.92 bits per heavy atom. The second-order valence-corrected chi connectivity index (χ2v) is 1.56. The molecule has 0 rings (SSSR count). The maximum Gasteiger partial charge on any atom is 0.177 e. The SMILES string of the molecule is C=CC(=C=C=C=NC)O/C=C/O. The lowest BCUT2D eigenvalue weighted by Crippen LogP contribution is -1.75. The summed E-state index contributed by atoms with van der Waals surface area (Å²) in [6.45, 7) is 3.45. The monoisotopic (exact) mass is 163 g/mol. The zero-order valence-corrected chi connectivity index (χ0v) is 6.74. The number of hydrogen-bond donors (Lipinski definition) is 1. The number of aliphatic imine (C=N–C) groups is 1. The van der Waals surface area contributed by atoms with E-state index in [2.05, 4.69) is 28.9 Å². The van der Waals surface area contributed by atoms with Gasteiger partial charge < -0.3 is 9.84 Å². The maximum atomic E-state index is 8.25. The third-order valence-electron chi connectivity index (χ3n) is 0.795. The van der Waals surface area contributed by atoms with Crippen molar-refractivity contribution in [2.75, 3.05) is 7.05 Å². The molecule has 0 saturated heterocycles. The van der Waals surface area contributed by atoms with Crippen LogP contribution in [0.25, 0.3) is 0 Å². The summed E-state index contributed by atoms with van der Waals surface area (Å²) in [5, 5.41) is 8.25. The van der Waals surface area contributed by atoms with Crippen molar-refractivity contribution in [3.63, 3.8) is 0 Å². The summed E-state index contributed by atoms with van der Waals surface area (Å²) in [6.07, 6.45) is 3.28. The van der Waals surface area contributed by atoms with Crippen LogP contribution in [0.2, 0.25) is 0 Å². The fourth-order valence-electron chi connectivity index (χ4n) is 0.378. The highest BCUT2D eigenvalue weighted by molar-refractivity contribution is 5.50. The van der Waals surface area contributed by atoms with E-state index in [1.54, 1.807) is 7.05 Å². The van der Waals surface area contributed by atoms with Crippen molar-refractivity contribution in [3.05, 3.63) is 42.4 Å². The molecule has 0 fully saturated rings. The van der Waals surface area contributed by atoms with E-state index in [9.17, 15) is 0 Å². The van der Waals surface area contributed by atoms with E-state index in [4.69, 9.17) is 9.84 Å². The number of nitrogens with zero attached hydrogens (tertiary/aromatic N) is 1. The van der Waals surface area contributed by atoms with Crippen LogP contribution in [0.5, 0.6) is 0 Å². The first-order valence-electron chi connectivity index (χ1n) is 3.15. The Bertz CT molecular complexity index is 296. The first-order valence-corrected chi connectivity index (χ1v) is 3.15. The van der Waals surface area contributed by atoms with E-state index >= 15 is 0 Å². The molecule has 0 spiro atoms. The van der Waals surface area contributed by atoms with Crippen LogP contribution in [-0.4, -0.2) is 18.0 Å². The van der Waals surface area contributed by atoms with Gasteiger partial charge in [-0.1, -0.05) is 6.58 Å². The summed E-state index contributed by atoms with van der Waals surface area (Å²) >= 11 is 0. The number of ether oxygens (including phenoxy) is 1. The highest BCUT2D eigenvalue weighted by Gasteiger charge is 1.82. The molecule has 3 heteroatoms. The Balaban J connectivity index is 4.66. The fourth-order valence-corrected chi connectivity index (χ4v) is 0.378. The Hall–Kier alpha value is -1.91. The van der Waals surface area contributed by atoms with Gasteiger partial charge in [0.05, 0.1) is 0 Å². The minimum Gasteiger partial charge on any atom is -0.512 e. The van der Waals surface area contributed by atoms with Crippen LogP contribution in [0.4, 0.5) is 0 Å². The van der Waals surface area contributed by atoms with E-state index in [0.717, 1.165) is 12.5 Å². The molecule has 0 aromatic carbocycles. The predicted octanol–water partition coefficient (Wildman–Crippen LogP) is 1.71. The Morgan fingerprint density at radius 1 is 1.67 bits per heavy atom. The quantitative estimate of drug-likeness (QED) is 0.298. The first-order chi connectivity index (χ1) is 5.85. The minimum atomic E-state index is 0.330. The van der Waals surface area contributed by atoms with Crippen molar-refractivity contribution in [3.8, 4) is 0 Å². The summed E-state index contributed by atoms with van der Waals surface area (Å²) in [4.78, 5) is 3.53. The summed E-state index contributed by atoms with van der Waals surface area (Å²) < 4.78 is 4.80. The summed E-state index contributed by atoms with van der Waals surface area (Å²) in [5.41, 5.74) is 5.04. The zero-order valence-electron chi connectivity index (χ0n) is 6.74.